The van der Waals surface area contributed by atoms with Crippen LogP contribution in [0.4, 0.5) is 0 Å². The quantitative estimate of drug-likeness (QED) is 0.824. The number of hydrogen-bond donors (Lipinski definition) is 2. The van der Waals surface area contributed by atoms with Crippen molar-refractivity contribution < 1.29 is 13.2 Å². The average Bonchev–Trinajstić information content (AvgIpc) is 3.07. The van der Waals surface area contributed by atoms with Crippen LogP contribution in [-0.2, 0) is 23.0 Å². The van der Waals surface area contributed by atoms with Crippen molar-refractivity contribution in [1.29, 1.82) is 0 Å². The third-order valence-corrected chi connectivity index (χ3v) is 6.49. The van der Waals surface area contributed by atoms with Crippen LogP contribution in [0.2, 0.25) is 0 Å². The molecule has 0 unspecified atom stereocenters. The van der Waals surface area contributed by atoms with E-state index in [4.69, 9.17) is 0 Å². The molecular formula is C18H23N5O3S. The number of hydrogen-bond acceptors (Lipinski definition) is 5. The predicted octanol–water partition coefficient (Wildman–Crippen LogP) is 1.50. The van der Waals surface area contributed by atoms with Crippen molar-refractivity contribution in [2.45, 2.75) is 56.5 Å². The first-order valence-corrected chi connectivity index (χ1v) is 10.7. The van der Waals surface area contributed by atoms with Crippen LogP contribution in [0, 0.1) is 0 Å². The lowest BCUT2D eigenvalue weighted by atomic mass is 10.0. The standard InChI is InChI=1S/C18H23N5O3S/c1-11(2)16-20-17-15(4-3-9-23(17)21-16)22-27(25,26)13-6-5-12-7-8-19-18(24)14(12)10-13/h5-6,10-11,15,22H,3-4,7-9H2,1-2H3,(H,19,24)/t15-/m0/s1. The number of sulfonamides is 1. The fourth-order valence-corrected chi connectivity index (χ4v) is 4.79. The molecule has 0 bridgehead atoms. The Hall–Kier alpha value is -2.26. The zero-order valence-electron chi connectivity index (χ0n) is 15.4. The maximum absolute atomic E-state index is 12.9. The summed E-state index contributed by atoms with van der Waals surface area (Å²) < 4.78 is 30.4. The second-order valence-corrected chi connectivity index (χ2v) is 9.06. The van der Waals surface area contributed by atoms with Gasteiger partial charge in [0.15, 0.2) is 5.82 Å². The molecule has 144 valence electrons. The first kappa shape index (κ1) is 18.1. The van der Waals surface area contributed by atoms with E-state index in [-0.39, 0.29) is 16.7 Å². The topological polar surface area (TPSA) is 106 Å². The Morgan fingerprint density at radius 1 is 1.33 bits per heavy atom. The van der Waals surface area contributed by atoms with Crippen molar-refractivity contribution >= 4 is 15.9 Å². The Balaban J connectivity index is 1.63. The van der Waals surface area contributed by atoms with Gasteiger partial charge >= 0.3 is 0 Å². The van der Waals surface area contributed by atoms with Gasteiger partial charge in [0.1, 0.15) is 5.82 Å². The summed E-state index contributed by atoms with van der Waals surface area (Å²) in [6.45, 7) is 5.34. The molecule has 8 nitrogen and oxygen atoms in total. The molecule has 4 rings (SSSR count). The molecule has 2 aliphatic rings. The molecule has 0 aliphatic carbocycles. The summed E-state index contributed by atoms with van der Waals surface area (Å²) in [4.78, 5) is 16.7. The molecule has 1 aromatic carbocycles. The summed E-state index contributed by atoms with van der Waals surface area (Å²) in [5.41, 5.74) is 1.30. The lowest BCUT2D eigenvalue weighted by Gasteiger charge is -2.23. The summed E-state index contributed by atoms with van der Waals surface area (Å²) in [6, 6.07) is 4.32. The van der Waals surface area contributed by atoms with E-state index in [1.165, 1.54) is 6.07 Å². The fourth-order valence-electron chi connectivity index (χ4n) is 3.54. The van der Waals surface area contributed by atoms with Gasteiger partial charge < -0.3 is 5.32 Å². The van der Waals surface area contributed by atoms with Gasteiger partial charge in [0.2, 0.25) is 10.0 Å². The molecule has 0 fully saturated rings. The first-order valence-electron chi connectivity index (χ1n) is 9.23. The summed E-state index contributed by atoms with van der Waals surface area (Å²) in [5.74, 6) is 1.33. The highest BCUT2D eigenvalue weighted by atomic mass is 32.2. The van der Waals surface area contributed by atoms with Crippen LogP contribution in [0.25, 0.3) is 0 Å². The van der Waals surface area contributed by atoms with Crippen molar-refractivity contribution in [3.05, 3.63) is 41.0 Å². The van der Waals surface area contributed by atoms with Gasteiger partial charge in [-0.2, -0.15) is 5.10 Å². The van der Waals surface area contributed by atoms with E-state index in [0.29, 0.717) is 30.8 Å². The van der Waals surface area contributed by atoms with Gasteiger partial charge in [-0.15, -0.1) is 0 Å². The molecule has 1 aromatic heterocycles. The van der Waals surface area contributed by atoms with Crippen LogP contribution in [0.5, 0.6) is 0 Å². The number of rotatable bonds is 4. The minimum Gasteiger partial charge on any atom is -0.352 e. The van der Waals surface area contributed by atoms with E-state index in [9.17, 15) is 13.2 Å². The van der Waals surface area contributed by atoms with Crippen LogP contribution in [0.3, 0.4) is 0 Å². The Morgan fingerprint density at radius 2 is 2.15 bits per heavy atom. The molecule has 2 N–H and O–H groups in total. The molecule has 0 radical (unpaired) electrons. The maximum atomic E-state index is 12.9. The zero-order valence-corrected chi connectivity index (χ0v) is 16.2. The number of fused-ring (bicyclic) bond motifs is 2. The van der Waals surface area contributed by atoms with E-state index in [2.05, 4.69) is 20.1 Å². The van der Waals surface area contributed by atoms with Crippen molar-refractivity contribution in [1.82, 2.24) is 24.8 Å². The molecule has 1 amide bonds. The van der Waals surface area contributed by atoms with Gasteiger partial charge in [-0.3, -0.25) is 4.79 Å². The molecule has 2 aromatic rings. The van der Waals surface area contributed by atoms with Crippen molar-refractivity contribution in [2.24, 2.45) is 0 Å². The van der Waals surface area contributed by atoms with Crippen LogP contribution >= 0.6 is 0 Å². The Bertz CT molecular complexity index is 996. The van der Waals surface area contributed by atoms with Crippen LogP contribution in [-0.4, -0.2) is 35.6 Å². The Kier molecular flexibility index (Phi) is 4.51. The third-order valence-electron chi connectivity index (χ3n) is 5.02. The Labute approximate surface area is 158 Å². The molecule has 3 heterocycles. The summed E-state index contributed by atoms with van der Waals surface area (Å²) in [7, 11) is -3.78. The SMILES string of the molecule is CC(C)c1nc2n(n1)CCC[C@@H]2NS(=O)(=O)c1ccc2c(c1)C(=O)NCC2. The first-order chi connectivity index (χ1) is 12.8. The van der Waals surface area contributed by atoms with Crippen LogP contribution in [0.1, 0.15) is 66.2 Å². The van der Waals surface area contributed by atoms with Gasteiger partial charge in [0.25, 0.3) is 5.91 Å². The molecule has 0 spiro atoms. The number of carbonyl (C=O) groups excluding carboxylic acids is 1. The molecule has 27 heavy (non-hydrogen) atoms. The molecule has 2 aliphatic heterocycles. The predicted molar refractivity (Wildman–Crippen MR) is 98.9 cm³/mol. The van der Waals surface area contributed by atoms with Gasteiger partial charge in [-0.25, -0.2) is 22.8 Å². The van der Waals surface area contributed by atoms with Gasteiger partial charge in [0.05, 0.1) is 10.9 Å². The van der Waals surface area contributed by atoms with E-state index in [1.807, 2.05) is 13.8 Å². The molecule has 9 heteroatoms. The molecule has 0 saturated carbocycles. The highest BCUT2D eigenvalue weighted by Gasteiger charge is 2.30. The lowest BCUT2D eigenvalue weighted by molar-refractivity contribution is 0.0945. The van der Waals surface area contributed by atoms with E-state index in [1.54, 1.807) is 16.8 Å². The van der Waals surface area contributed by atoms with Gasteiger partial charge in [0, 0.05) is 24.6 Å². The lowest BCUT2D eigenvalue weighted by Crippen LogP contribution is -2.34. The molecular weight excluding hydrogens is 366 g/mol. The van der Waals surface area contributed by atoms with Crippen LogP contribution < -0.4 is 10.0 Å². The van der Waals surface area contributed by atoms with Crippen molar-refractivity contribution in [3.8, 4) is 0 Å². The van der Waals surface area contributed by atoms with Gasteiger partial charge in [-0.1, -0.05) is 19.9 Å². The highest BCUT2D eigenvalue weighted by molar-refractivity contribution is 7.89. The number of aryl methyl sites for hydroxylation is 1. The number of aromatic nitrogens is 3. The molecule has 1 atom stereocenters. The van der Waals surface area contributed by atoms with Crippen molar-refractivity contribution in [3.63, 3.8) is 0 Å². The molecule has 0 saturated heterocycles. The van der Waals surface area contributed by atoms with Gasteiger partial charge in [-0.05, 0) is 37.0 Å². The van der Waals surface area contributed by atoms with E-state index < -0.39 is 16.1 Å². The second kappa shape index (κ2) is 6.72. The largest absolute Gasteiger partial charge is 0.352 e. The number of amides is 1. The van der Waals surface area contributed by atoms with E-state index in [0.717, 1.165) is 24.4 Å². The third kappa shape index (κ3) is 3.37. The number of nitrogens with zero attached hydrogens (tertiary/aromatic N) is 3. The normalized spacial score (nSPS) is 19.5. The number of benzene rings is 1. The second-order valence-electron chi connectivity index (χ2n) is 7.35. The summed E-state index contributed by atoms with van der Waals surface area (Å²) >= 11 is 0. The minimum atomic E-state index is -3.78. The average molecular weight is 389 g/mol. The number of nitrogens with one attached hydrogen (secondary N) is 2. The monoisotopic (exact) mass is 389 g/mol. The van der Waals surface area contributed by atoms with E-state index >= 15 is 0 Å². The smallest absolute Gasteiger partial charge is 0.251 e. The summed E-state index contributed by atoms with van der Waals surface area (Å²) in [6.07, 6.45) is 2.20. The summed E-state index contributed by atoms with van der Waals surface area (Å²) in [5, 5.41) is 7.24. The Morgan fingerprint density at radius 3 is 2.93 bits per heavy atom. The highest BCUT2D eigenvalue weighted by Crippen LogP contribution is 2.27. The van der Waals surface area contributed by atoms with Crippen LogP contribution in [0.15, 0.2) is 23.1 Å². The van der Waals surface area contributed by atoms with Crippen molar-refractivity contribution in [2.75, 3.05) is 6.54 Å². The minimum absolute atomic E-state index is 0.0963. The number of carbonyl (C=O) groups is 1. The maximum Gasteiger partial charge on any atom is 0.251 e. The fraction of sp³-hybridized carbons (Fsp3) is 0.500. The zero-order chi connectivity index (χ0) is 19.2.